The Morgan fingerprint density at radius 1 is 1.35 bits per heavy atom. The van der Waals surface area contributed by atoms with E-state index in [4.69, 9.17) is 10.00 Å². The number of nitriles is 1. The van der Waals surface area contributed by atoms with Crippen LogP contribution in [0.3, 0.4) is 0 Å². The van der Waals surface area contributed by atoms with Crippen molar-refractivity contribution in [3.8, 4) is 6.07 Å². The van der Waals surface area contributed by atoms with Crippen molar-refractivity contribution in [2.45, 2.75) is 53.3 Å². The molecule has 1 aliphatic rings. The van der Waals surface area contributed by atoms with E-state index in [1.165, 1.54) is 0 Å². The molecule has 0 fully saturated rings. The fraction of sp³-hybridized carbons (Fsp3) is 0.643. The smallest absolute Gasteiger partial charge is 0.410 e. The maximum Gasteiger partial charge on any atom is 0.410 e. The number of ether oxygens (including phenoxy) is 1. The number of amides is 1. The Labute approximate surface area is 120 Å². The molecule has 110 valence electrons. The number of fused-ring (bicyclic) bond motifs is 1. The lowest BCUT2D eigenvalue weighted by molar-refractivity contribution is 0.0237. The predicted molar refractivity (Wildman–Crippen MR) is 74.8 cm³/mol. The minimum Gasteiger partial charge on any atom is -0.444 e. The lowest BCUT2D eigenvalue weighted by Gasteiger charge is -2.24. The van der Waals surface area contributed by atoms with E-state index in [0.717, 1.165) is 11.4 Å². The van der Waals surface area contributed by atoms with E-state index in [9.17, 15) is 4.79 Å². The number of aromatic nitrogens is 2. The molecule has 2 heterocycles. The average Bonchev–Trinajstić information content (AvgIpc) is 2.90. The highest BCUT2D eigenvalue weighted by atomic mass is 16.6. The van der Waals surface area contributed by atoms with Crippen LogP contribution in [0.4, 0.5) is 4.79 Å². The molecule has 0 saturated carbocycles. The Kier molecular flexibility index (Phi) is 4.77. The number of hydrogen-bond acceptors (Lipinski definition) is 4. The molecular weight excluding hydrogens is 256 g/mol. The van der Waals surface area contributed by atoms with Crippen molar-refractivity contribution in [3.63, 3.8) is 0 Å². The Balaban J connectivity index is 0.000000956. The van der Waals surface area contributed by atoms with Crippen molar-refractivity contribution in [2.24, 2.45) is 7.05 Å². The summed E-state index contributed by atoms with van der Waals surface area (Å²) in [4.78, 5) is 17.7. The van der Waals surface area contributed by atoms with Crippen LogP contribution in [-0.4, -0.2) is 26.1 Å². The molecule has 0 aliphatic carbocycles. The maximum absolute atomic E-state index is 11.9. The van der Waals surface area contributed by atoms with Crippen molar-refractivity contribution in [1.82, 2.24) is 14.5 Å². The first-order valence-electron chi connectivity index (χ1n) is 6.74. The first kappa shape index (κ1) is 16.0. The topological polar surface area (TPSA) is 71.2 Å². The maximum atomic E-state index is 11.9. The standard InChI is InChI=1S/C12H16N4O2.C2H6/c1-12(2,3)18-11(17)16-6-8-9(7-16)15(4)10(5-13)14-8;1-2/h6-7H2,1-4H3;1-2H3. The van der Waals surface area contributed by atoms with Gasteiger partial charge in [-0.3, -0.25) is 4.90 Å². The molecule has 0 atom stereocenters. The molecule has 1 amide bonds. The van der Waals surface area contributed by atoms with E-state index in [2.05, 4.69) is 4.98 Å². The Hall–Kier alpha value is -2.03. The predicted octanol–water partition coefficient (Wildman–Crippen LogP) is 2.57. The van der Waals surface area contributed by atoms with Gasteiger partial charge >= 0.3 is 6.09 Å². The van der Waals surface area contributed by atoms with E-state index in [-0.39, 0.29) is 6.09 Å². The van der Waals surface area contributed by atoms with Gasteiger partial charge in [-0.1, -0.05) is 13.8 Å². The van der Waals surface area contributed by atoms with Crippen molar-refractivity contribution < 1.29 is 9.53 Å². The molecule has 2 rings (SSSR count). The van der Waals surface area contributed by atoms with Gasteiger partial charge in [-0.05, 0) is 20.8 Å². The highest BCUT2D eigenvalue weighted by molar-refractivity contribution is 5.69. The molecule has 1 aromatic rings. The van der Waals surface area contributed by atoms with E-state index < -0.39 is 5.60 Å². The zero-order valence-electron chi connectivity index (χ0n) is 13.0. The van der Waals surface area contributed by atoms with Crippen LogP contribution in [0.5, 0.6) is 0 Å². The molecular formula is C14H22N4O2. The zero-order chi connectivity index (χ0) is 15.5. The van der Waals surface area contributed by atoms with Crippen molar-refractivity contribution >= 4 is 6.09 Å². The van der Waals surface area contributed by atoms with Crippen molar-refractivity contribution in [1.29, 1.82) is 5.26 Å². The van der Waals surface area contributed by atoms with E-state index in [0.29, 0.717) is 18.9 Å². The normalized spacial score (nSPS) is 13.2. The molecule has 1 aliphatic heterocycles. The second-order valence-corrected chi connectivity index (χ2v) is 5.34. The Bertz CT molecular complexity index is 535. The summed E-state index contributed by atoms with van der Waals surface area (Å²) < 4.78 is 7.03. The second kappa shape index (κ2) is 5.95. The van der Waals surface area contributed by atoms with Crippen LogP contribution in [0.25, 0.3) is 0 Å². The van der Waals surface area contributed by atoms with Crippen molar-refractivity contribution in [3.05, 3.63) is 17.2 Å². The van der Waals surface area contributed by atoms with Gasteiger partial charge in [0.1, 0.15) is 11.7 Å². The van der Waals surface area contributed by atoms with Gasteiger partial charge in [0.15, 0.2) is 0 Å². The third-order valence-electron chi connectivity index (χ3n) is 2.73. The van der Waals surface area contributed by atoms with Gasteiger partial charge in [-0.2, -0.15) is 5.26 Å². The summed E-state index contributed by atoms with van der Waals surface area (Å²) in [5.41, 5.74) is 1.18. The summed E-state index contributed by atoms with van der Waals surface area (Å²) in [5.74, 6) is 0.379. The number of hydrogen-bond donors (Lipinski definition) is 0. The molecule has 6 heteroatoms. The van der Waals surface area contributed by atoms with Crippen LogP contribution >= 0.6 is 0 Å². The van der Waals surface area contributed by atoms with E-state index >= 15 is 0 Å². The number of carbonyl (C=O) groups is 1. The minimum atomic E-state index is -0.503. The van der Waals surface area contributed by atoms with E-state index in [1.54, 1.807) is 16.5 Å². The quantitative estimate of drug-likeness (QED) is 0.731. The van der Waals surface area contributed by atoms with Crippen LogP contribution in [0.15, 0.2) is 0 Å². The van der Waals surface area contributed by atoms with Crippen LogP contribution in [-0.2, 0) is 24.9 Å². The molecule has 0 N–H and O–H groups in total. The van der Waals surface area contributed by atoms with Crippen molar-refractivity contribution in [2.75, 3.05) is 0 Å². The lowest BCUT2D eigenvalue weighted by Crippen LogP contribution is -2.33. The van der Waals surface area contributed by atoms with Crippen LogP contribution in [0, 0.1) is 11.3 Å². The van der Waals surface area contributed by atoms with Crippen LogP contribution in [0.1, 0.15) is 51.8 Å². The third kappa shape index (κ3) is 3.29. The summed E-state index contributed by atoms with van der Waals surface area (Å²) in [6.07, 6.45) is -0.348. The molecule has 1 aromatic heterocycles. The average molecular weight is 278 g/mol. The monoisotopic (exact) mass is 278 g/mol. The highest BCUT2D eigenvalue weighted by Crippen LogP contribution is 2.24. The summed E-state index contributed by atoms with van der Waals surface area (Å²) in [6, 6.07) is 2.02. The first-order valence-corrected chi connectivity index (χ1v) is 6.74. The Morgan fingerprint density at radius 2 is 1.95 bits per heavy atom. The summed E-state index contributed by atoms with van der Waals surface area (Å²) in [5, 5.41) is 8.87. The SMILES string of the molecule is CC.Cn1c(C#N)nc2c1CN(C(=O)OC(C)(C)C)C2. The van der Waals surface area contributed by atoms with Gasteiger partial charge in [0, 0.05) is 7.05 Å². The van der Waals surface area contributed by atoms with Gasteiger partial charge in [0.25, 0.3) is 0 Å². The molecule has 0 saturated heterocycles. The molecule has 0 radical (unpaired) electrons. The molecule has 20 heavy (non-hydrogen) atoms. The minimum absolute atomic E-state index is 0.348. The first-order chi connectivity index (χ1) is 9.31. The molecule has 0 unspecified atom stereocenters. The summed E-state index contributed by atoms with van der Waals surface area (Å²) >= 11 is 0. The molecule has 0 spiro atoms. The number of rotatable bonds is 0. The lowest BCUT2D eigenvalue weighted by atomic mass is 10.2. The van der Waals surface area contributed by atoms with E-state index in [1.807, 2.05) is 40.7 Å². The highest BCUT2D eigenvalue weighted by Gasteiger charge is 2.31. The zero-order valence-corrected chi connectivity index (χ0v) is 13.0. The fourth-order valence-electron chi connectivity index (χ4n) is 1.89. The summed E-state index contributed by atoms with van der Waals surface area (Å²) in [7, 11) is 1.78. The van der Waals surface area contributed by atoms with Gasteiger partial charge in [0.2, 0.25) is 5.82 Å². The number of nitrogens with zero attached hydrogens (tertiary/aromatic N) is 4. The molecule has 0 aromatic carbocycles. The fourth-order valence-corrected chi connectivity index (χ4v) is 1.89. The third-order valence-corrected chi connectivity index (χ3v) is 2.73. The van der Waals surface area contributed by atoms with Gasteiger partial charge < -0.3 is 9.30 Å². The summed E-state index contributed by atoms with van der Waals surface area (Å²) in [6.45, 7) is 10.3. The second-order valence-electron chi connectivity index (χ2n) is 5.34. The largest absolute Gasteiger partial charge is 0.444 e. The molecule has 0 bridgehead atoms. The number of carbonyl (C=O) groups excluding carboxylic acids is 1. The van der Waals surface area contributed by atoms with Gasteiger partial charge in [-0.25, -0.2) is 9.78 Å². The Morgan fingerprint density at radius 3 is 2.40 bits per heavy atom. The van der Waals surface area contributed by atoms with Crippen LogP contribution < -0.4 is 0 Å². The van der Waals surface area contributed by atoms with Gasteiger partial charge in [-0.15, -0.1) is 0 Å². The number of imidazole rings is 1. The van der Waals surface area contributed by atoms with Crippen LogP contribution in [0.2, 0.25) is 0 Å². The van der Waals surface area contributed by atoms with Gasteiger partial charge in [0.05, 0.1) is 24.5 Å². The molecule has 6 nitrogen and oxygen atoms in total.